The number of Topliss-reactive ketones (excluding diaryl/α,β-unsaturated/α-hetero) is 1. The fraction of sp³-hybridized carbons (Fsp3) is 0.500. The normalized spacial score (nSPS) is 12.8. The van der Waals surface area contributed by atoms with E-state index in [-0.39, 0.29) is 11.8 Å². The van der Waals surface area contributed by atoms with E-state index in [4.69, 9.17) is 0 Å². The van der Waals surface area contributed by atoms with Crippen molar-refractivity contribution in [2.75, 3.05) is 7.05 Å². The standard InChI is InChI=1S/C12H18N2O/c1-10(8-11(2)15)14(3)9-12-4-6-13-7-5-12/h4-7,10H,8-9H2,1-3H3. The third-order valence-electron chi connectivity index (χ3n) is 2.52. The molecule has 1 unspecified atom stereocenters. The first-order valence-corrected chi connectivity index (χ1v) is 5.18. The number of nitrogens with zero attached hydrogens (tertiary/aromatic N) is 2. The van der Waals surface area contributed by atoms with E-state index in [2.05, 4.69) is 16.8 Å². The van der Waals surface area contributed by atoms with Crippen LogP contribution in [0.3, 0.4) is 0 Å². The molecule has 0 aliphatic carbocycles. The molecule has 3 nitrogen and oxygen atoms in total. The molecule has 1 atom stereocenters. The van der Waals surface area contributed by atoms with Crippen molar-refractivity contribution in [3.8, 4) is 0 Å². The van der Waals surface area contributed by atoms with Gasteiger partial charge in [-0.25, -0.2) is 0 Å². The van der Waals surface area contributed by atoms with Crippen LogP contribution >= 0.6 is 0 Å². The summed E-state index contributed by atoms with van der Waals surface area (Å²) in [6.45, 7) is 4.57. The van der Waals surface area contributed by atoms with Crippen LogP contribution in [0.5, 0.6) is 0 Å². The van der Waals surface area contributed by atoms with Gasteiger partial charge in [-0.2, -0.15) is 0 Å². The maximum atomic E-state index is 11.0. The Labute approximate surface area is 91.1 Å². The third-order valence-corrected chi connectivity index (χ3v) is 2.52. The Morgan fingerprint density at radius 1 is 1.47 bits per heavy atom. The summed E-state index contributed by atoms with van der Waals surface area (Å²) in [7, 11) is 2.04. The van der Waals surface area contributed by atoms with E-state index in [0.717, 1.165) is 6.54 Å². The van der Waals surface area contributed by atoms with Gasteiger partial charge in [0.1, 0.15) is 5.78 Å². The Kier molecular flexibility index (Phi) is 4.43. The predicted octanol–water partition coefficient (Wildman–Crippen LogP) is 1.88. The molecule has 0 radical (unpaired) electrons. The molecular weight excluding hydrogens is 188 g/mol. The molecule has 0 aliphatic heterocycles. The van der Waals surface area contributed by atoms with Crippen LogP contribution in [0, 0.1) is 0 Å². The molecule has 0 saturated heterocycles. The van der Waals surface area contributed by atoms with E-state index in [9.17, 15) is 4.79 Å². The fourth-order valence-electron chi connectivity index (χ4n) is 1.50. The van der Waals surface area contributed by atoms with Gasteiger partial charge in [0.2, 0.25) is 0 Å². The molecule has 82 valence electrons. The van der Waals surface area contributed by atoms with Crippen molar-refractivity contribution >= 4 is 5.78 Å². The maximum absolute atomic E-state index is 11.0. The second-order valence-corrected chi connectivity index (χ2v) is 4.03. The SMILES string of the molecule is CC(=O)CC(C)N(C)Cc1ccncc1. The highest BCUT2D eigenvalue weighted by Crippen LogP contribution is 2.07. The van der Waals surface area contributed by atoms with Crippen molar-refractivity contribution in [2.45, 2.75) is 32.9 Å². The van der Waals surface area contributed by atoms with Crippen LogP contribution < -0.4 is 0 Å². The molecule has 1 rings (SSSR count). The van der Waals surface area contributed by atoms with Crippen molar-refractivity contribution in [2.24, 2.45) is 0 Å². The highest BCUT2D eigenvalue weighted by molar-refractivity contribution is 5.76. The molecule has 0 spiro atoms. The fourth-order valence-corrected chi connectivity index (χ4v) is 1.50. The van der Waals surface area contributed by atoms with Gasteiger partial charge in [-0.05, 0) is 38.6 Å². The Morgan fingerprint density at radius 2 is 2.07 bits per heavy atom. The quantitative estimate of drug-likeness (QED) is 0.737. The minimum atomic E-state index is 0.240. The molecule has 3 heteroatoms. The number of ketones is 1. The van der Waals surface area contributed by atoms with E-state index < -0.39 is 0 Å². The zero-order valence-corrected chi connectivity index (χ0v) is 9.60. The highest BCUT2D eigenvalue weighted by Gasteiger charge is 2.11. The third kappa shape index (κ3) is 4.21. The zero-order valence-electron chi connectivity index (χ0n) is 9.60. The van der Waals surface area contributed by atoms with Crippen LogP contribution in [-0.2, 0) is 11.3 Å². The number of rotatable bonds is 5. The van der Waals surface area contributed by atoms with Crippen molar-refractivity contribution in [3.05, 3.63) is 30.1 Å². The van der Waals surface area contributed by atoms with E-state index >= 15 is 0 Å². The number of hydrogen-bond acceptors (Lipinski definition) is 3. The lowest BCUT2D eigenvalue weighted by molar-refractivity contribution is -0.118. The summed E-state index contributed by atoms with van der Waals surface area (Å²) in [5, 5.41) is 0. The second kappa shape index (κ2) is 5.61. The molecule has 1 aromatic heterocycles. The van der Waals surface area contributed by atoms with E-state index in [0.29, 0.717) is 6.42 Å². The minimum Gasteiger partial charge on any atom is -0.300 e. The lowest BCUT2D eigenvalue weighted by Crippen LogP contribution is -2.30. The van der Waals surface area contributed by atoms with E-state index in [1.54, 1.807) is 19.3 Å². The summed E-state index contributed by atoms with van der Waals surface area (Å²) in [5.74, 6) is 0.240. The number of carbonyl (C=O) groups is 1. The van der Waals surface area contributed by atoms with Crippen molar-refractivity contribution < 1.29 is 4.79 Å². The van der Waals surface area contributed by atoms with Crippen molar-refractivity contribution in [1.82, 2.24) is 9.88 Å². The smallest absolute Gasteiger partial charge is 0.131 e. The average molecular weight is 206 g/mol. The number of hydrogen-bond donors (Lipinski definition) is 0. The van der Waals surface area contributed by atoms with Crippen molar-refractivity contribution in [3.63, 3.8) is 0 Å². The molecule has 0 N–H and O–H groups in total. The molecule has 15 heavy (non-hydrogen) atoms. The van der Waals surface area contributed by atoms with Gasteiger partial charge in [-0.3, -0.25) is 14.7 Å². The Morgan fingerprint density at radius 3 is 2.60 bits per heavy atom. The molecule has 0 amide bonds. The van der Waals surface area contributed by atoms with E-state index in [1.807, 2.05) is 19.2 Å². The molecule has 0 aromatic carbocycles. The first-order chi connectivity index (χ1) is 7.09. The van der Waals surface area contributed by atoms with Crippen LogP contribution in [-0.4, -0.2) is 28.8 Å². The molecule has 0 bridgehead atoms. The lowest BCUT2D eigenvalue weighted by atomic mass is 10.1. The van der Waals surface area contributed by atoms with Crippen LogP contribution in [0.15, 0.2) is 24.5 Å². The number of aromatic nitrogens is 1. The topological polar surface area (TPSA) is 33.2 Å². The second-order valence-electron chi connectivity index (χ2n) is 4.03. The van der Waals surface area contributed by atoms with Crippen LogP contribution in [0.4, 0.5) is 0 Å². The van der Waals surface area contributed by atoms with Gasteiger partial charge in [-0.15, -0.1) is 0 Å². The summed E-state index contributed by atoms with van der Waals surface area (Å²) in [6, 6.07) is 4.28. The van der Waals surface area contributed by atoms with Crippen LogP contribution in [0.25, 0.3) is 0 Å². The summed E-state index contributed by atoms with van der Waals surface area (Å²) >= 11 is 0. The average Bonchev–Trinajstić information content (AvgIpc) is 2.18. The van der Waals surface area contributed by atoms with Gasteiger partial charge in [0.05, 0.1) is 0 Å². The molecule has 1 heterocycles. The summed E-state index contributed by atoms with van der Waals surface area (Å²) < 4.78 is 0. The van der Waals surface area contributed by atoms with Gasteiger partial charge < -0.3 is 0 Å². The summed E-state index contributed by atoms with van der Waals surface area (Å²) in [5.41, 5.74) is 1.22. The van der Waals surface area contributed by atoms with Gasteiger partial charge in [0.25, 0.3) is 0 Å². The van der Waals surface area contributed by atoms with Gasteiger partial charge in [-0.1, -0.05) is 0 Å². The molecule has 0 saturated carbocycles. The first-order valence-electron chi connectivity index (χ1n) is 5.18. The van der Waals surface area contributed by atoms with E-state index in [1.165, 1.54) is 5.56 Å². The molecule has 0 fully saturated rings. The summed E-state index contributed by atoms with van der Waals surface area (Å²) in [6.07, 6.45) is 4.19. The first kappa shape index (κ1) is 11.9. The van der Waals surface area contributed by atoms with Gasteiger partial charge in [0, 0.05) is 31.4 Å². The largest absolute Gasteiger partial charge is 0.300 e. The molecule has 1 aromatic rings. The monoisotopic (exact) mass is 206 g/mol. The number of carbonyl (C=O) groups excluding carboxylic acids is 1. The highest BCUT2D eigenvalue weighted by atomic mass is 16.1. The maximum Gasteiger partial charge on any atom is 0.131 e. The van der Waals surface area contributed by atoms with Gasteiger partial charge in [0.15, 0.2) is 0 Å². The molecule has 0 aliphatic rings. The Bertz CT molecular complexity index is 311. The zero-order chi connectivity index (χ0) is 11.3. The van der Waals surface area contributed by atoms with Crippen LogP contribution in [0.1, 0.15) is 25.8 Å². The van der Waals surface area contributed by atoms with Crippen molar-refractivity contribution in [1.29, 1.82) is 0 Å². The minimum absolute atomic E-state index is 0.240. The predicted molar refractivity (Wildman–Crippen MR) is 60.5 cm³/mol. The summed E-state index contributed by atoms with van der Waals surface area (Å²) in [4.78, 5) is 17.1. The Hall–Kier alpha value is -1.22. The number of pyridine rings is 1. The molecular formula is C12H18N2O. The lowest BCUT2D eigenvalue weighted by Gasteiger charge is -2.23. The van der Waals surface area contributed by atoms with Gasteiger partial charge >= 0.3 is 0 Å². The Balaban J connectivity index is 2.48. The van der Waals surface area contributed by atoms with Crippen LogP contribution in [0.2, 0.25) is 0 Å².